The van der Waals surface area contributed by atoms with Crippen LogP contribution < -0.4 is 0 Å². The number of hydrogen-bond donors (Lipinski definition) is 0. The summed E-state index contributed by atoms with van der Waals surface area (Å²) in [6.45, 7) is 6.28. The maximum absolute atomic E-state index is 6.30. The Bertz CT molecular complexity index is 611. The average molecular weight is 295 g/mol. The Morgan fingerprint density at radius 1 is 0.909 bits per heavy atom. The number of likely N-dealkylation sites (N-methyl/N-ethyl adjacent to an activating group) is 1. The summed E-state index contributed by atoms with van der Waals surface area (Å²) in [7, 11) is 4.16. The van der Waals surface area contributed by atoms with Crippen molar-refractivity contribution in [2.24, 2.45) is 0 Å². The molecule has 0 heterocycles. The molecule has 0 amide bonds. The normalized spacial score (nSPS) is 16.4. The number of rotatable bonds is 4. The molecule has 0 fully saturated rings. The molecule has 0 spiro atoms. The maximum Gasteiger partial charge on any atom is 0.108 e. The first-order valence-corrected chi connectivity index (χ1v) is 7.97. The fourth-order valence-electron chi connectivity index (χ4n) is 3.43. The third-order valence-corrected chi connectivity index (χ3v) is 4.66. The van der Waals surface area contributed by atoms with Gasteiger partial charge in [0.1, 0.15) is 6.10 Å². The lowest BCUT2D eigenvalue weighted by Crippen LogP contribution is -2.31. The van der Waals surface area contributed by atoms with Gasteiger partial charge in [-0.25, -0.2) is 0 Å². The fraction of sp³-hybridized carbons (Fsp3) is 0.400. The Morgan fingerprint density at radius 2 is 1.41 bits per heavy atom. The molecule has 2 nitrogen and oxygen atoms in total. The molecule has 116 valence electrons. The Labute approximate surface area is 133 Å². The lowest BCUT2D eigenvalue weighted by atomic mass is 9.68. The van der Waals surface area contributed by atoms with Crippen LogP contribution in [0.15, 0.2) is 48.5 Å². The zero-order valence-electron chi connectivity index (χ0n) is 14.0. The molecule has 0 atom stereocenters. The summed E-state index contributed by atoms with van der Waals surface area (Å²) >= 11 is 0. The monoisotopic (exact) mass is 295 g/mol. The number of hydrogen-bond acceptors (Lipinski definition) is 2. The van der Waals surface area contributed by atoms with Gasteiger partial charge in [0, 0.05) is 12.0 Å². The number of ether oxygens (including phenoxy) is 1. The first-order valence-electron chi connectivity index (χ1n) is 7.97. The van der Waals surface area contributed by atoms with Crippen molar-refractivity contribution in [3.63, 3.8) is 0 Å². The molecule has 0 saturated heterocycles. The van der Waals surface area contributed by atoms with Gasteiger partial charge in [-0.05, 0) is 36.3 Å². The van der Waals surface area contributed by atoms with Gasteiger partial charge in [-0.3, -0.25) is 0 Å². The van der Waals surface area contributed by atoms with Crippen molar-refractivity contribution >= 4 is 0 Å². The van der Waals surface area contributed by atoms with Gasteiger partial charge >= 0.3 is 0 Å². The Hall–Kier alpha value is -1.64. The van der Waals surface area contributed by atoms with Crippen molar-refractivity contribution in [2.45, 2.75) is 25.4 Å². The van der Waals surface area contributed by atoms with Crippen molar-refractivity contribution in [1.29, 1.82) is 0 Å². The van der Waals surface area contributed by atoms with Crippen LogP contribution in [0.1, 0.15) is 42.2 Å². The highest BCUT2D eigenvalue weighted by molar-refractivity contribution is 5.54. The average Bonchev–Trinajstić information content (AvgIpc) is 2.51. The number of nitrogens with zero attached hydrogens (tertiary/aromatic N) is 1. The van der Waals surface area contributed by atoms with Crippen molar-refractivity contribution in [1.82, 2.24) is 4.90 Å². The third-order valence-electron chi connectivity index (χ3n) is 4.66. The molecule has 3 rings (SSSR count). The molecule has 0 unspecified atom stereocenters. The first kappa shape index (κ1) is 15.3. The second-order valence-electron chi connectivity index (χ2n) is 6.85. The van der Waals surface area contributed by atoms with Crippen LogP contribution in [0.2, 0.25) is 0 Å². The van der Waals surface area contributed by atoms with Crippen LogP contribution in [-0.4, -0.2) is 32.1 Å². The Morgan fingerprint density at radius 3 is 1.91 bits per heavy atom. The second kappa shape index (κ2) is 5.86. The van der Waals surface area contributed by atoms with E-state index in [1.807, 2.05) is 0 Å². The first-order chi connectivity index (χ1) is 10.5. The van der Waals surface area contributed by atoms with Crippen LogP contribution >= 0.6 is 0 Å². The standard InChI is InChI=1S/C20H25NO/c1-20(2)17-11-7-5-9-15(17)19(22-14-13-21(3)4)16-10-6-8-12-18(16)20/h5-12,19H,13-14H2,1-4H3. The zero-order valence-corrected chi connectivity index (χ0v) is 14.0. The van der Waals surface area contributed by atoms with E-state index in [2.05, 4.69) is 81.4 Å². The number of fused-ring (bicyclic) bond motifs is 2. The van der Waals surface area contributed by atoms with E-state index < -0.39 is 0 Å². The van der Waals surface area contributed by atoms with Crippen LogP contribution in [0.25, 0.3) is 0 Å². The van der Waals surface area contributed by atoms with E-state index in [0.29, 0.717) is 0 Å². The van der Waals surface area contributed by atoms with Crippen molar-refractivity contribution in [2.75, 3.05) is 27.2 Å². The second-order valence-corrected chi connectivity index (χ2v) is 6.85. The van der Waals surface area contributed by atoms with Crippen molar-refractivity contribution < 1.29 is 4.74 Å². The fourth-order valence-corrected chi connectivity index (χ4v) is 3.43. The summed E-state index contributed by atoms with van der Waals surface area (Å²) in [5.41, 5.74) is 5.40. The minimum Gasteiger partial charge on any atom is -0.367 e. The molecular formula is C20H25NO. The summed E-state index contributed by atoms with van der Waals surface area (Å²) in [5, 5.41) is 0. The smallest absolute Gasteiger partial charge is 0.108 e. The van der Waals surface area contributed by atoms with Crippen LogP contribution in [-0.2, 0) is 10.2 Å². The molecule has 2 heteroatoms. The van der Waals surface area contributed by atoms with E-state index in [1.165, 1.54) is 22.3 Å². The van der Waals surface area contributed by atoms with Crippen molar-refractivity contribution in [3.05, 3.63) is 70.8 Å². The highest BCUT2D eigenvalue weighted by atomic mass is 16.5. The highest BCUT2D eigenvalue weighted by Gasteiger charge is 2.37. The van der Waals surface area contributed by atoms with Gasteiger partial charge in [0.25, 0.3) is 0 Å². The topological polar surface area (TPSA) is 12.5 Å². The lowest BCUT2D eigenvalue weighted by Gasteiger charge is -2.39. The van der Waals surface area contributed by atoms with Crippen LogP contribution in [0.5, 0.6) is 0 Å². The molecular weight excluding hydrogens is 270 g/mol. The largest absolute Gasteiger partial charge is 0.367 e. The van der Waals surface area contributed by atoms with Gasteiger partial charge in [-0.2, -0.15) is 0 Å². The van der Waals surface area contributed by atoms with E-state index >= 15 is 0 Å². The predicted molar refractivity (Wildman–Crippen MR) is 91.4 cm³/mol. The Balaban J connectivity index is 2.04. The van der Waals surface area contributed by atoms with Crippen LogP contribution in [0.4, 0.5) is 0 Å². The molecule has 0 aliphatic heterocycles. The van der Waals surface area contributed by atoms with Crippen molar-refractivity contribution in [3.8, 4) is 0 Å². The number of benzene rings is 2. The van der Waals surface area contributed by atoms with Gasteiger partial charge in [-0.15, -0.1) is 0 Å². The van der Waals surface area contributed by atoms with Gasteiger partial charge in [0.05, 0.1) is 6.61 Å². The molecule has 22 heavy (non-hydrogen) atoms. The van der Waals surface area contributed by atoms with Crippen LogP contribution in [0, 0.1) is 0 Å². The van der Waals surface area contributed by atoms with Gasteiger partial charge < -0.3 is 9.64 Å². The summed E-state index contributed by atoms with van der Waals surface area (Å²) in [4.78, 5) is 2.16. The van der Waals surface area contributed by atoms with E-state index in [1.54, 1.807) is 0 Å². The van der Waals surface area contributed by atoms with E-state index in [-0.39, 0.29) is 11.5 Å². The molecule has 2 aromatic rings. The SMILES string of the molecule is CN(C)CCOC1c2ccccc2C(C)(C)c2ccccc21. The quantitative estimate of drug-likeness (QED) is 0.845. The summed E-state index contributed by atoms with van der Waals surface area (Å²) < 4.78 is 6.30. The van der Waals surface area contributed by atoms with Crippen LogP contribution in [0.3, 0.4) is 0 Å². The predicted octanol–water partition coefficient (Wildman–Crippen LogP) is 3.99. The molecule has 2 aromatic carbocycles. The molecule has 0 aromatic heterocycles. The van der Waals surface area contributed by atoms with E-state index in [4.69, 9.17) is 4.74 Å². The summed E-state index contributed by atoms with van der Waals surface area (Å²) in [6, 6.07) is 17.4. The van der Waals surface area contributed by atoms with E-state index in [0.717, 1.165) is 13.2 Å². The lowest BCUT2D eigenvalue weighted by molar-refractivity contribution is 0.0645. The zero-order chi connectivity index (χ0) is 15.7. The Kier molecular flexibility index (Phi) is 4.07. The van der Waals surface area contributed by atoms with Gasteiger partial charge in [0.2, 0.25) is 0 Å². The maximum atomic E-state index is 6.30. The molecule has 0 bridgehead atoms. The molecule has 1 aliphatic rings. The van der Waals surface area contributed by atoms with Gasteiger partial charge in [-0.1, -0.05) is 62.4 Å². The summed E-state index contributed by atoms with van der Waals surface area (Å²) in [6.07, 6.45) is 0.0420. The summed E-state index contributed by atoms with van der Waals surface area (Å²) in [5.74, 6) is 0. The minimum absolute atomic E-state index is 0.0224. The third kappa shape index (κ3) is 2.57. The molecule has 0 radical (unpaired) electrons. The van der Waals surface area contributed by atoms with Gasteiger partial charge in [0.15, 0.2) is 0 Å². The molecule has 1 aliphatic carbocycles. The molecule has 0 saturated carbocycles. The highest BCUT2D eigenvalue weighted by Crippen LogP contribution is 2.46. The molecule has 0 N–H and O–H groups in total. The van der Waals surface area contributed by atoms with E-state index in [9.17, 15) is 0 Å². The minimum atomic E-state index is 0.0224.